The van der Waals surface area contributed by atoms with Gasteiger partial charge in [-0.2, -0.15) is 0 Å². The maximum atomic E-state index is 12.4. The lowest BCUT2D eigenvalue weighted by atomic mass is 10.0. The van der Waals surface area contributed by atoms with Gasteiger partial charge in [0.05, 0.1) is 19.3 Å². The van der Waals surface area contributed by atoms with Crippen LogP contribution in [0.5, 0.6) is 5.75 Å². The Morgan fingerprint density at radius 1 is 1.22 bits per heavy atom. The number of halogens is 1. The molecule has 0 saturated carbocycles. The third-order valence-electron chi connectivity index (χ3n) is 4.82. The van der Waals surface area contributed by atoms with Gasteiger partial charge >= 0.3 is 5.97 Å². The van der Waals surface area contributed by atoms with Gasteiger partial charge in [0.2, 0.25) is 0 Å². The summed E-state index contributed by atoms with van der Waals surface area (Å²) in [5.41, 5.74) is 5.45. The van der Waals surface area contributed by atoms with Crippen LogP contribution >= 0.6 is 11.6 Å². The summed E-state index contributed by atoms with van der Waals surface area (Å²) in [7, 11) is 0. The van der Waals surface area contributed by atoms with Crippen LogP contribution in [0.2, 0.25) is 5.02 Å². The van der Waals surface area contributed by atoms with Gasteiger partial charge in [-0.25, -0.2) is 0 Å². The summed E-state index contributed by atoms with van der Waals surface area (Å²) < 4.78 is 21.9. The number of fused-ring (bicyclic) bond motifs is 2. The number of carbonyl (C=O) groups excluding carboxylic acids is 1. The molecule has 0 aliphatic carbocycles. The SMILES string of the molecule is Cc1ccc2c(CC(=O)OCc3cc(Cl)cc4c3OCOC4)coc2c1C. The molecule has 1 aliphatic rings. The number of aryl methyl sites for hydroxylation is 2. The molecule has 2 heterocycles. The fourth-order valence-electron chi connectivity index (χ4n) is 3.25. The van der Waals surface area contributed by atoms with Crippen molar-refractivity contribution >= 4 is 28.5 Å². The lowest BCUT2D eigenvalue weighted by molar-refractivity contribution is -0.144. The molecule has 0 radical (unpaired) electrons. The number of hydrogen-bond acceptors (Lipinski definition) is 5. The zero-order valence-electron chi connectivity index (χ0n) is 15.1. The van der Waals surface area contributed by atoms with E-state index in [1.165, 1.54) is 0 Å². The molecule has 27 heavy (non-hydrogen) atoms. The molecule has 1 aromatic heterocycles. The quantitative estimate of drug-likeness (QED) is 0.599. The Bertz CT molecular complexity index is 1020. The second-order valence-corrected chi connectivity index (χ2v) is 7.08. The number of esters is 1. The number of benzene rings is 2. The lowest BCUT2D eigenvalue weighted by Gasteiger charge is -2.21. The summed E-state index contributed by atoms with van der Waals surface area (Å²) in [6.07, 6.45) is 1.77. The van der Waals surface area contributed by atoms with Crippen molar-refractivity contribution in [3.63, 3.8) is 0 Å². The van der Waals surface area contributed by atoms with Gasteiger partial charge in [0.15, 0.2) is 6.79 Å². The topological polar surface area (TPSA) is 57.9 Å². The third kappa shape index (κ3) is 3.53. The van der Waals surface area contributed by atoms with E-state index in [1.807, 2.05) is 26.0 Å². The van der Waals surface area contributed by atoms with Crippen molar-refractivity contribution in [3.05, 3.63) is 63.4 Å². The maximum absolute atomic E-state index is 12.4. The minimum absolute atomic E-state index is 0.0929. The summed E-state index contributed by atoms with van der Waals surface area (Å²) in [6.45, 7) is 4.74. The molecule has 1 aliphatic heterocycles. The first kappa shape index (κ1) is 17.9. The molecule has 140 valence electrons. The van der Waals surface area contributed by atoms with Crippen molar-refractivity contribution in [1.29, 1.82) is 0 Å². The van der Waals surface area contributed by atoms with Gasteiger partial charge < -0.3 is 18.6 Å². The average Bonchev–Trinajstić information content (AvgIpc) is 3.06. The van der Waals surface area contributed by atoms with E-state index in [2.05, 4.69) is 0 Å². The zero-order valence-corrected chi connectivity index (χ0v) is 15.9. The van der Waals surface area contributed by atoms with Crippen LogP contribution < -0.4 is 4.74 Å². The average molecular weight is 387 g/mol. The summed E-state index contributed by atoms with van der Waals surface area (Å²) in [4.78, 5) is 12.4. The Morgan fingerprint density at radius 3 is 2.93 bits per heavy atom. The molecule has 0 bridgehead atoms. The summed E-state index contributed by atoms with van der Waals surface area (Å²) in [5.74, 6) is 0.343. The molecular weight excluding hydrogens is 368 g/mol. The summed E-state index contributed by atoms with van der Waals surface area (Å²) in [6, 6.07) is 7.55. The Balaban J connectivity index is 1.48. The van der Waals surface area contributed by atoms with E-state index < -0.39 is 0 Å². The molecule has 4 rings (SSSR count). The van der Waals surface area contributed by atoms with E-state index in [0.717, 1.165) is 38.8 Å². The highest BCUT2D eigenvalue weighted by Crippen LogP contribution is 2.32. The monoisotopic (exact) mass is 386 g/mol. The van der Waals surface area contributed by atoms with Crippen molar-refractivity contribution in [2.45, 2.75) is 33.5 Å². The lowest BCUT2D eigenvalue weighted by Crippen LogP contribution is -2.14. The number of carbonyl (C=O) groups is 1. The second kappa shape index (κ2) is 7.25. The number of rotatable bonds is 4. The van der Waals surface area contributed by atoms with Crippen molar-refractivity contribution in [1.82, 2.24) is 0 Å². The molecule has 0 fully saturated rings. The van der Waals surface area contributed by atoms with E-state index in [9.17, 15) is 4.79 Å². The van der Waals surface area contributed by atoms with Crippen LogP contribution in [0, 0.1) is 13.8 Å². The molecule has 0 N–H and O–H groups in total. The number of furan rings is 1. The van der Waals surface area contributed by atoms with Crippen LogP contribution in [-0.4, -0.2) is 12.8 Å². The molecule has 0 spiro atoms. The molecular formula is C21H19ClO5. The Morgan fingerprint density at radius 2 is 2.07 bits per heavy atom. The van der Waals surface area contributed by atoms with Crippen LogP contribution in [0.1, 0.15) is 27.8 Å². The van der Waals surface area contributed by atoms with Gasteiger partial charge in [-0.05, 0) is 37.1 Å². The van der Waals surface area contributed by atoms with Gasteiger partial charge in [-0.1, -0.05) is 23.7 Å². The van der Waals surface area contributed by atoms with Gasteiger partial charge in [0.1, 0.15) is 17.9 Å². The predicted octanol–water partition coefficient (Wildman–Crippen LogP) is 4.86. The summed E-state index contributed by atoms with van der Waals surface area (Å²) in [5, 5.41) is 1.50. The van der Waals surface area contributed by atoms with E-state index in [-0.39, 0.29) is 25.8 Å². The maximum Gasteiger partial charge on any atom is 0.310 e. The van der Waals surface area contributed by atoms with Crippen molar-refractivity contribution < 1.29 is 23.4 Å². The molecule has 0 saturated heterocycles. The summed E-state index contributed by atoms with van der Waals surface area (Å²) >= 11 is 6.14. The molecule has 2 aromatic carbocycles. The standard InChI is InChI=1S/C21H19ClO5/c1-12-3-4-18-14(9-26-20(18)13(12)2)7-19(23)25-10-16-6-17(22)5-15-8-24-11-27-21(15)16/h3-6,9H,7-8,10-11H2,1-2H3. The molecule has 3 aromatic rings. The van der Waals surface area contributed by atoms with Crippen molar-refractivity contribution in [2.24, 2.45) is 0 Å². The molecule has 5 nitrogen and oxygen atoms in total. The van der Waals surface area contributed by atoms with Crippen LogP contribution in [0.3, 0.4) is 0 Å². The van der Waals surface area contributed by atoms with Gasteiger partial charge in [-0.15, -0.1) is 0 Å². The largest absolute Gasteiger partial charge is 0.467 e. The normalized spacial score (nSPS) is 13.3. The smallest absolute Gasteiger partial charge is 0.310 e. The van der Waals surface area contributed by atoms with E-state index in [0.29, 0.717) is 17.4 Å². The predicted molar refractivity (Wildman–Crippen MR) is 101 cm³/mol. The van der Waals surface area contributed by atoms with Crippen LogP contribution in [-0.2, 0) is 33.9 Å². The minimum Gasteiger partial charge on any atom is -0.467 e. The van der Waals surface area contributed by atoms with Crippen LogP contribution in [0.15, 0.2) is 34.9 Å². The number of ether oxygens (including phenoxy) is 3. The first-order valence-electron chi connectivity index (χ1n) is 8.66. The Kier molecular flexibility index (Phi) is 4.81. The molecule has 0 atom stereocenters. The second-order valence-electron chi connectivity index (χ2n) is 6.65. The van der Waals surface area contributed by atoms with Crippen molar-refractivity contribution in [3.8, 4) is 5.75 Å². The van der Waals surface area contributed by atoms with Crippen LogP contribution in [0.25, 0.3) is 11.0 Å². The molecule has 0 unspecified atom stereocenters. The van der Waals surface area contributed by atoms with Crippen molar-refractivity contribution in [2.75, 3.05) is 6.79 Å². The highest BCUT2D eigenvalue weighted by molar-refractivity contribution is 6.30. The molecule has 0 amide bonds. The van der Waals surface area contributed by atoms with Gasteiger partial charge in [0.25, 0.3) is 0 Å². The Labute approximate surface area is 161 Å². The van der Waals surface area contributed by atoms with Gasteiger partial charge in [-0.3, -0.25) is 4.79 Å². The minimum atomic E-state index is -0.336. The fraction of sp³-hybridized carbons (Fsp3) is 0.286. The van der Waals surface area contributed by atoms with E-state index in [4.69, 9.17) is 30.2 Å². The fourth-order valence-corrected chi connectivity index (χ4v) is 3.52. The van der Waals surface area contributed by atoms with Gasteiger partial charge in [0, 0.05) is 27.1 Å². The van der Waals surface area contributed by atoms with E-state index >= 15 is 0 Å². The molecule has 6 heteroatoms. The third-order valence-corrected chi connectivity index (χ3v) is 5.04. The Hall–Kier alpha value is -2.50. The van der Waals surface area contributed by atoms with Crippen LogP contribution in [0.4, 0.5) is 0 Å². The zero-order chi connectivity index (χ0) is 19.0. The number of hydrogen-bond donors (Lipinski definition) is 0. The first-order valence-corrected chi connectivity index (χ1v) is 9.04. The highest BCUT2D eigenvalue weighted by Gasteiger charge is 2.18. The highest BCUT2D eigenvalue weighted by atomic mass is 35.5. The van der Waals surface area contributed by atoms with E-state index in [1.54, 1.807) is 18.4 Å². The first-order chi connectivity index (χ1) is 13.0.